The molecule has 2 aromatic heterocycles. The molecule has 2 aliphatic heterocycles. The average Bonchev–Trinajstić information content (AvgIpc) is 4.00. The lowest BCUT2D eigenvalue weighted by molar-refractivity contribution is -0.164. The number of imidazole rings is 2. The Morgan fingerprint density at radius 2 is 0.931 bits per heavy atom. The van der Waals surface area contributed by atoms with Crippen molar-refractivity contribution in [3.05, 3.63) is 72.6 Å². The highest BCUT2D eigenvalue weighted by atomic mass is 16.8. The van der Waals surface area contributed by atoms with E-state index in [4.69, 9.17) is 28.4 Å². The smallest absolute Gasteiger partial charge is 0.425 e. The molecule has 2 aromatic carbocycles. The topological polar surface area (TPSA) is 212 Å². The average molecular weight is 803 g/mol. The van der Waals surface area contributed by atoms with Gasteiger partial charge in [-0.2, -0.15) is 0 Å². The third-order valence-corrected chi connectivity index (χ3v) is 9.44. The Labute approximate surface area is 335 Å². The van der Waals surface area contributed by atoms with Gasteiger partial charge < -0.3 is 38.4 Å². The highest BCUT2D eigenvalue weighted by molar-refractivity contribution is 5.85. The van der Waals surface area contributed by atoms with E-state index in [1.54, 1.807) is 67.8 Å². The lowest BCUT2D eigenvalue weighted by Gasteiger charge is -2.29. The summed E-state index contributed by atoms with van der Waals surface area (Å²) in [4.78, 5) is 66.8. The Kier molecular flexibility index (Phi) is 11.9. The molecule has 0 spiro atoms. The maximum absolute atomic E-state index is 13.6. The zero-order valence-corrected chi connectivity index (χ0v) is 34.1. The van der Waals surface area contributed by atoms with Crippen LogP contribution in [0, 0.1) is 0 Å². The number of nitrogens with one attached hydrogen (secondary N) is 4. The van der Waals surface area contributed by atoms with Crippen LogP contribution in [0.1, 0.15) is 79.2 Å². The number of H-pyrrole nitrogens is 2. The molecular weight excluding hydrogens is 752 g/mol. The van der Waals surface area contributed by atoms with Crippen LogP contribution < -0.4 is 10.9 Å². The second-order valence-electron chi connectivity index (χ2n) is 15.3. The minimum atomic E-state index is -1.09. The second kappa shape index (κ2) is 16.6. The summed E-state index contributed by atoms with van der Waals surface area (Å²) in [7, 11) is 2.43. The minimum absolute atomic E-state index is 0.395. The Bertz CT molecular complexity index is 1960. The van der Waals surface area contributed by atoms with E-state index in [-0.39, 0.29) is 0 Å². The molecule has 2 saturated heterocycles. The van der Waals surface area contributed by atoms with Crippen LogP contribution in [0.25, 0.3) is 33.6 Å². The summed E-state index contributed by atoms with van der Waals surface area (Å²) in [5, 5.41) is 2.32. The summed E-state index contributed by atoms with van der Waals surface area (Å²) in [6.45, 7) is 13.8. The van der Waals surface area contributed by atoms with Crippen LogP contribution in [0.5, 0.6) is 0 Å². The molecule has 4 atom stereocenters. The van der Waals surface area contributed by atoms with Crippen LogP contribution in [0.4, 0.5) is 9.59 Å². The normalized spacial score (nSPS) is 20.8. The van der Waals surface area contributed by atoms with Crippen LogP contribution in [0.15, 0.2) is 60.9 Å². The molecule has 0 aliphatic carbocycles. The molecule has 58 heavy (non-hydrogen) atoms. The third kappa shape index (κ3) is 8.99. The quantitative estimate of drug-likeness (QED) is 0.154. The standard InChI is InChI=1S/C40H50N8O10/c1-21(2)47(45-37(51)53-9)35(49)31-29(55-39(5,6)57-31)33-41-19-27(43-33)25-15-11-23(12-16-25)24-13-17-26(18-14-24)28-20-42-34(44-28)30-32(58-40(7,8)56-30)36(50)48(22(3)4)46-38(52)54-10/h11-22,29-32H,1-10H3,(H,41,43)(H,42,44)(H,45,51)(H,46,52)/t29-,30-,31-,32-/m1/s1. The van der Waals surface area contributed by atoms with Gasteiger partial charge in [-0.15, -0.1) is 0 Å². The van der Waals surface area contributed by atoms with E-state index < -0.39 is 72.1 Å². The summed E-state index contributed by atoms with van der Waals surface area (Å²) >= 11 is 0. The maximum Gasteiger partial charge on any atom is 0.425 e. The van der Waals surface area contributed by atoms with Gasteiger partial charge in [0.25, 0.3) is 11.8 Å². The van der Waals surface area contributed by atoms with Gasteiger partial charge in [0.1, 0.15) is 11.6 Å². The van der Waals surface area contributed by atoms with Crippen LogP contribution in [0.2, 0.25) is 0 Å². The van der Waals surface area contributed by atoms with Crippen molar-refractivity contribution in [3.63, 3.8) is 0 Å². The summed E-state index contributed by atoms with van der Waals surface area (Å²) in [5.74, 6) is -2.41. The van der Waals surface area contributed by atoms with Crippen molar-refractivity contribution < 1.29 is 47.6 Å². The molecule has 18 heteroatoms. The van der Waals surface area contributed by atoms with Crippen LogP contribution in [0.3, 0.4) is 0 Å². The number of carbonyl (C=O) groups is 4. The SMILES string of the molecule is COC(=O)NN(C(=O)[C@@H]1OC(C)(C)O[C@H]1c1ncc(-c2ccc(-c3ccc(-c4cnc([C@@H]5OC(C)(C)O[C@H]5C(=O)N(NC(=O)OC)C(C)C)[nH]4)cc3)cc2)[nH]1)C(C)C. The first-order chi connectivity index (χ1) is 27.4. The van der Waals surface area contributed by atoms with Crippen LogP contribution in [-0.4, -0.2) is 104 Å². The van der Waals surface area contributed by atoms with Crippen LogP contribution in [-0.2, 0) is 38.0 Å². The van der Waals surface area contributed by atoms with E-state index in [1.165, 1.54) is 14.2 Å². The number of nitrogens with zero attached hydrogens (tertiary/aromatic N) is 4. The highest BCUT2D eigenvalue weighted by Gasteiger charge is 2.51. The lowest BCUT2D eigenvalue weighted by atomic mass is 10.0. The van der Waals surface area contributed by atoms with Gasteiger partial charge in [-0.1, -0.05) is 48.5 Å². The number of aromatic nitrogens is 4. The van der Waals surface area contributed by atoms with Crippen molar-refractivity contribution in [3.8, 4) is 33.6 Å². The number of hydrogen-bond acceptors (Lipinski definition) is 12. The molecule has 310 valence electrons. The van der Waals surface area contributed by atoms with Crippen molar-refractivity contribution in [2.45, 2.75) is 103 Å². The highest BCUT2D eigenvalue weighted by Crippen LogP contribution is 2.40. The number of hydrazine groups is 2. The van der Waals surface area contributed by atoms with E-state index in [0.29, 0.717) is 23.0 Å². The lowest BCUT2D eigenvalue weighted by Crippen LogP contribution is -2.54. The molecule has 2 fully saturated rings. The van der Waals surface area contributed by atoms with E-state index in [2.05, 4.69) is 30.8 Å². The summed E-state index contributed by atoms with van der Waals surface area (Å²) in [6, 6.07) is 15.0. The van der Waals surface area contributed by atoms with E-state index in [9.17, 15) is 19.2 Å². The Morgan fingerprint density at radius 1 is 0.603 bits per heavy atom. The third-order valence-electron chi connectivity index (χ3n) is 9.44. The largest absolute Gasteiger partial charge is 0.452 e. The Hall–Kier alpha value is -5.82. The van der Waals surface area contributed by atoms with Crippen molar-refractivity contribution in [1.82, 2.24) is 40.8 Å². The molecule has 4 heterocycles. The fourth-order valence-electron chi connectivity index (χ4n) is 6.66. The predicted molar refractivity (Wildman–Crippen MR) is 208 cm³/mol. The fraction of sp³-hybridized carbons (Fsp3) is 0.450. The van der Waals surface area contributed by atoms with E-state index in [0.717, 1.165) is 32.3 Å². The zero-order chi connectivity index (χ0) is 42.1. The number of methoxy groups -OCH3 is 2. The van der Waals surface area contributed by atoms with Gasteiger partial charge in [-0.3, -0.25) is 9.59 Å². The Balaban J connectivity index is 1.15. The van der Waals surface area contributed by atoms with E-state index in [1.807, 2.05) is 48.5 Å². The molecule has 4 amide bonds. The molecule has 0 unspecified atom stereocenters. The molecule has 4 aromatic rings. The monoisotopic (exact) mass is 802 g/mol. The van der Waals surface area contributed by atoms with Gasteiger partial charge in [0.15, 0.2) is 36.0 Å². The molecule has 0 saturated carbocycles. The maximum atomic E-state index is 13.6. The van der Waals surface area contributed by atoms with Gasteiger partial charge in [-0.05, 0) is 77.6 Å². The molecule has 18 nitrogen and oxygen atoms in total. The number of hydrogen-bond donors (Lipinski definition) is 4. The van der Waals surface area contributed by atoms with Gasteiger partial charge in [0.2, 0.25) is 0 Å². The van der Waals surface area contributed by atoms with Crippen molar-refractivity contribution >= 4 is 24.0 Å². The van der Waals surface area contributed by atoms with Crippen LogP contribution >= 0.6 is 0 Å². The number of ether oxygens (including phenoxy) is 6. The summed E-state index contributed by atoms with van der Waals surface area (Å²) in [6.07, 6.45) is -2.16. The predicted octanol–water partition coefficient (Wildman–Crippen LogP) is 5.54. The van der Waals surface area contributed by atoms with Crippen molar-refractivity contribution in [2.24, 2.45) is 0 Å². The number of rotatable bonds is 9. The Morgan fingerprint density at radius 3 is 1.24 bits per heavy atom. The van der Waals surface area contributed by atoms with Gasteiger partial charge in [0.05, 0.1) is 38.0 Å². The second-order valence-corrected chi connectivity index (χ2v) is 15.3. The first-order valence-electron chi connectivity index (χ1n) is 18.8. The molecule has 0 bridgehead atoms. The number of carbonyl (C=O) groups excluding carboxylic acids is 4. The first-order valence-corrected chi connectivity index (χ1v) is 18.8. The summed E-state index contributed by atoms with van der Waals surface area (Å²) < 4.78 is 33.6. The van der Waals surface area contributed by atoms with Crippen molar-refractivity contribution in [1.29, 1.82) is 0 Å². The van der Waals surface area contributed by atoms with Gasteiger partial charge in [0, 0.05) is 12.1 Å². The first kappa shape index (κ1) is 41.8. The van der Waals surface area contributed by atoms with Gasteiger partial charge in [-0.25, -0.2) is 40.4 Å². The van der Waals surface area contributed by atoms with Gasteiger partial charge >= 0.3 is 12.2 Å². The number of benzene rings is 2. The molecule has 4 N–H and O–H groups in total. The van der Waals surface area contributed by atoms with Crippen molar-refractivity contribution in [2.75, 3.05) is 14.2 Å². The zero-order valence-electron chi connectivity index (χ0n) is 34.1. The molecule has 6 rings (SSSR count). The summed E-state index contributed by atoms with van der Waals surface area (Å²) in [5.41, 5.74) is 9.99. The number of amides is 4. The fourth-order valence-corrected chi connectivity index (χ4v) is 6.66. The minimum Gasteiger partial charge on any atom is -0.452 e. The molecule has 2 aliphatic rings. The molecule has 0 radical (unpaired) electrons. The molecular formula is C40H50N8O10. The van der Waals surface area contributed by atoms with E-state index >= 15 is 0 Å². The number of aromatic amines is 2.